The van der Waals surface area contributed by atoms with Gasteiger partial charge in [-0.15, -0.1) is 0 Å². The Kier molecular flexibility index (Phi) is 5.29. The first-order chi connectivity index (χ1) is 12.4. The summed E-state index contributed by atoms with van der Waals surface area (Å²) in [5.74, 6) is 0.697. The SMILES string of the molecule is COc1ccccc1N1CCN(S(=O)(=O)c2ccc(C(C)=O)cc2)CC1. The third-order valence-corrected chi connectivity index (χ3v) is 6.48. The van der Waals surface area contributed by atoms with Gasteiger partial charge in [0.15, 0.2) is 5.78 Å². The first kappa shape index (κ1) is 18.4. The number of Topliss-reactive ketones (excluding diaryl/α,β-unsaturated/α-hetero) is 1. The average Bonchev–Trinajstić information content (AvgIpc) is 2.68. The summed E-state index contributed by atoms with van der Waals surface area (Å²) in [6, 6.07) is 13.8. The number of sulfonamides is 1. The molecule has 1 aliphatic rings. The van der Waals surface area contributed by atoms with Crippen molar-refractivity contribution in [2.75, 3.05) is 38.2 Å². The smallest absolute Gasteiger partial charge is 0.243 e. The van der Waals surface area contributed by atoms with Gasteiger partial charge in [0.2, 0.25) is 10.0 Å². The fraction of sp³-hybridized carbons (Fsp3) is 0.316. The number of ether oxygens (including phenoxy) is 1. The molecule has 6 nitrogen and oxygen atoms in total. The molecule has 0 amide bonds. The summed E-state index contributed by atoms with van der Waals surface area (Å²) in [4.78, 5) is 13.7. The van der Waals surface area contributed by atoms with Crippen LogP contribution < -0.4 is 9.64 Å². The van der Waals surface area contributed by atoms with Crippen molar-refractivity contribution in [2.45, 2.75) is 11.8 Å². The number of hydrogen-bond donors (Lipinski definition) is 0. The number of ketones is 1. The second kappa shape index (κ2) is 7.47. The molecule has 1 saturated heterocycles. The van der Waals surface area contributed by atoms with Gasteiger partial charge in [-0.3, -0.25) is 4.79 Å². The number of anilines is 1. The van der Waals surface area contributed by atoms with Crippen LogP contribution in [0.5, 0.6) is 5.75 Å². The zero-order valence-electron chi connectivity index (χ0n) is 14.9. The second-order valence-corrected chi connectivity index (χ2v) is 8.08. The monoisotopic (exact) mass is 374 g/mol. The van der Waals surface area contributed by atoms with Gasteiger partial charge in [-0.05, 0) is 31.2 Å². The van der Waals surface area contributed by atoms with E-state index in [0.29, 0.717) is 31.7 Å². The molecular formula is C19H22N2O4S. The van der Waals surface area contributed by atoms with Crippen LogP contribution in [-0.4, -0.2) is 51.8 Å². The van der Waals surface area contributed by atoms with Crippen molar-refractivity contribution < 1.29 is 17.9 Å². The maximum absolute atomic E-state index is 12.8. The Morgan fingerprint density at radius 3 is 2.15 bits per heavy atom. The lowest BCUT2D eigenvalue weighted by Gasteiger charge is -2.35. The van der Waals surface area contributed by atoms with E-state index in [4.69, 9.17) is 4.74 Å². The Labute approximate surface area is 154 Å². The van der Waals surface area contributed by atoms with Crippen molar-refractivity contribution in [3.8, 4) is 5.75 Å². The lowest BCUT2D eigenvalue weighted by molar-refractivity contribution is 0.101. The molecule has 0 aromatic heterocycles. The van der Waals surface area contributed by atoms with Crippen molar-refractivity contribution in [3.63, 3.8) is 0 Å². The molecule has 7 heteroatoms. The van der Waals surface area contributed by atoms with Crippen LogP contribution in [-0.2, 0) is 10.0 Å². The average molecular weight is 374 g/mol. The van der Waals surface area contributed by atoms with Crippen LogP contribution in [0.3, 0.4) is 0 Å². The van der Waals surface area contributed by atoms with Gasteiger partial charge in [0, 0.05) is 31.7 Å². The molecule has 0 saturated carbocycles. The Bertz CT molecular complexity index is 886. The summed E-state index contributed by atoms with van der Waals surface area (Å²) < 4.78 is 32.5. The Morgan fingerprint density at radius 1 is 0.962 bits per heavy atom. The van der Waals surface area contributed by atoms with E-state index in [2.05, 4.69) is 4.90 Å². The summed E-state index contributed by atoms with van der Waals surface area (Å²) in [6.45, 7) is 3.43. The zero-order valence-corrected chi connectivity index (χ0v) is 15.7. The van der Waals surface area contributed by atoms with Gasteiger partial charge in [-0.25, -0.2) is 8.42 Å². The second-order valence-electron chi connectivity index (χ2n) is 6.14. The van der Waals surface area contributed by atoms with E-state index in [-0.39, 0.29) is 10.7 Å². The minimum atomic E-state index is -3.56. The molecule has 0 aliphatic carbocycles. The third-order valence-electron chi connectivity index (χ3n) is 4.56. The molecule has 2 aromatic rings. The highest BCUT2D eigenvalue weighted by molar-refractivity contribution is 7.89. The van der Waals surface area contributed by atoms with Crippen molar-refractivity contribution >= 4 is 21.5 Å². The zero-order chi connectivity index (χ0) is 18.7. The van der Waals surface area contributed by atoms with Gasteiger partial charge in [0.05, 0.1) is 17.7 Å². The Hall–Kier alpha value is -2.38. The summed E-state index contributed by atoms with van der Waals surface area (Å²) >= 11 is 0. The molecule has 0 unspecified atom stereocenters. The molecule has 1 aliphatic heterocycles. The Balaban J connectivity index is 1.73. The maximum atomic E-state index is 12.8. The molecule has 1 fully saturated rings. The fourth-order valence-electron chi connectivity index (χ4n) is 3.07. The Morgan fingerprint density at radius 2 is 1.58 bits per heavy atom. The van der Waals surface area contributed by atoms with E-state index >= 15 is 0 Å². The number of rotatable bonds is 5. The van der Waals surface area contributed by atoms with Gasteiger partial charge in [0.1, 0.15) is 5.75 Å². The predicted molar refractivity (Wildman–Crippen MR) is 100 cm³/mol. The molecule has 0 spiro atoms. The van der Waals surface area contributed by atoms with E-state index in [1.54, 1.807) is 19.2 Å². The van der Waals surface area contributed by atoms with Crippen LogP contribution in [0.4, 0.5) is 5.69 Å². The highest BCUT2D eigenvalue weighted by atomic mass is 32.2. The van der Waals surface area contributed by atoms with Crippen LogP contribution in [0.2, 0.25) is 0 Å². The van der Waals surface area contributed by atoms with Gasteiger partial charge >= 0.3 is 0 Å². The molecule has 2 aromatic carbocycles. The number of piperazine rings is 1. The van der Waals surface area contributed by atoms with Crippen LogP contribution in [0, 0.1) is 0 Å². The molecule has 3 rings (SSSR count). The predicted octanol–water partition coefficient (Wildman–Crippen LogP) is 2.41. The summed E-state index contributed by atoms with van der Waals surface area (Å²) in [7, 11) is -1.93. The largest absolute Gasteiger partial charge is 0.495 e. The van der Waals surface area contributed by atoms with Crippen LogP contribution in [0.1, 0.15) is 17.3 Å². The summed E-state index contributed by atoms with van der Waals surface area (Å²) in [5, 5.41) is 0. The highest BCUT2D eigenvalue weighted by Crippen LogP contribution is 2.29. The number of benzene rings is 2. The van der Waals surface area contributed by atoms with Crippen LogP contribution >= 0.6 is 0 Å². The van der Waals surface area contributed by atoms with Crippen molar-refractivity contribution in [1.29, 1.82) is 0 Å². The lowest BCUT2D eigenvalue weighted by atomic mass is 10.2. The molecule has 138 valence electrons. The fourth-order valence-corrected chi connectivity index (χ4v) is 4.49. The van der Waals surface area contributed by atoms with E-state index in [9.17, 15) is 13.2 Å². The number of nitrogens with zero attached hydrogens (tertiary/aromatic N) is 2. The van der Waals surface area contributed by atoms with Crippen LogP contribution in [0.25, 0.3) is 0 Å². The third kappa shape index (κ3) is 3.59. The van der Waals surface area contributed by atoms with E-state index in [1.807, 2.05) is 24.3 Å². The van der Waals surface area contributed by atoms with E-state index in [0.717, 1.165) is 11.4 Å². The van der Waals surface area contributed by atoms with E-state index < -0.39 is 10.0 Å². The molecule has 26 heavy (non-hydrogen) atoms. The van der Waals surface area contributed by atoms with E-state index in [1.165, 1.54) is 23.4 Å². The van der Waals surface area contributed by atoms with Gasteiger partial charge < -0.3 is 9.64 Å². The minimum absolute atomic E-state index is 0.0839. The highest BCUT2D eigenvalue weighted by Gasteiger charge is 2.29. The quantitative estimate of drug-likeness (QED) is 0.752. The molecule has 0 N–H and O–H groups in total. The van der Waals surface area contributed by atoms with Crippen molar-refractivity contribution in [2.24, 2.45) is 0 Å². The van der Waals surface area contributed by atoms with Gasteiger partial charge in [-0.2, -0.15) is 4.31 Å². The first-order valence-electron chi connectivity index (χ1n) is 8.42. The summed E-state index contributed by atoms with van der Waals surface area (Å²) in [6.07, 6.45) is 0. The molecule has 0 bridgehead atoms. The van der Waals surface area contributed by atoms with Crippen molar-refractivity contribution in [1.82, 2.24) is 4.31 Å². The number of carbonyl (C=O) groups excluding carboxylic acids is 1. The number of hydrogen-bond acceptors (Lipinski definition) is 5. The van der Waals surface area contributed by atoms with Gasteiger partial charge in [0.25, 0.3) is 0 Å². The summed E-state index contributed by atoms with van der Waals surface area (Å²) in [5.41, 5.74) is 1.47. The van der Waals surface area contributed by atoms with Gasteiger partial charge in [-0.1, -0.05) is 24.3 Å². The number of methoxy groups -OCH3 is 1. The minimum Gasteiger partial charge on any atom is -0.495 e. The topological polar surface area (TPSA) is 66.9 Å². The number of carbonyl (C=O) groups is 1. The standard InChI is InChI=1S/C19H22N2O4S/c1-15(22)16-7-9-17(10-8-16)26(23,24)21-13-11-20(12-14-21)18-5-3-4-6-19(18)25-2/h3-10H,11-14H2,1-2H3. The number of para-hydroxylation sites is 2. The van der Waals surface area contributed by atoms with Crippen molar-refractivity contribution in [3.05, 3.63) is 54.1 Å². The molecule has 1 heterocycles. The lowest BCUT2D eigenvalue weighted by Crippen LogP contribution is -2.48. The molecule has 0 atom stereocenters. The first-order valence-corrected chi connectivity index (χ1v) is 9.86. The maximum Gasteiger partial charge on any atom is 0.243 e. The molecule has 0 radical (unpaired) electrons. The normalized spacial score (nSPS) is 15.7. The molecular weight excluding hydrogens is 352 g/mol. The van der Waals surface area contributed by atoms with Crippen LogP contribution in [0.15, 0.2) is 53.4 Å².